The second-order valence-corrected chi connectivity index (χ2v) is 4.16. The van der Waals surface area contributed by atoms with E-state index in [9.17, 15) is 0 Å². The molecule has 1 aliphatic heterocycles. The second-order valence-electron chi connectivity index (χ2n) is 4.16. The Morgan fingerprint density at radius 2 is 2.21 bits per heavy atom. The Kier molecular flexibility index (Phi) is 6.15. The number of piperidine rings is 1. The van der Waals surface area contributed by atoms with E-state index in [1.54, 1.807) is 0 Å². The fourth-order valence-electron chi connectivity index (χ4n) is 1.81. The topological polar surface area (TPSA) is 41.5 Å². The summed E-state index contributed by atoms with van der Waals surface area (Å²) in [5, 5.41) is 12.0. The number of rotatable bonds is 6. The van der Waals surface area contributed by atoms with E-state index in [0.29, 0.717) is 18.6 Å². The van der Waals surface area contributed by atoms with Crippen LogP contribution in [0.15, 0.2) is 0 Å². The van der Waals surface area contributed by atoms with E-state index in [1.807, 2.05) is 0 Å². The van der Waals surface area contributed by atoms with Gasteiger partial charge in [-0.2, -0.15) is 0 Å². The number of aliphatic hydroxyl groups excluding tert-OH is 1. The molecule has 84 valence electrons. The van der Waals surface area contributed by atoms with E-state index in [1.165, 1.54) is 6.42 Å². The number of unbranched alkanes of at least 4 members (excludes halogenated alkanes) is 2. The molecule has 2 unspecified atom stereocenters. The zero-order valence-electron chi connectivity index (χ0n) is 9.17. The van der Waals surface area contributed by atoms with Crippen molar-refractivity contribution in [1.82, 2.24) is 5.32 Å². The quantitative estimate of drug-likeness (QED) is 0.634. The van der Waals surface area contributed by atoms with Crippen molar-refractivity contribution in [3.63, 3.8) is 0 Å². The van der Waals surface area contributed by atoms with Gasteiger partial charge in [0.15, 0.2) is 0 Å². The van der Waals surface area contributed by atoms with E-state index in [4.69, 9.17) is 9.84 Å². The maximum absolute atomic E-state index is 8.61. The molecule has 2 N–H and O–H groups in total. The van der Waals surface area contributed by atoms with Gasteiger partial charge in [-0.3, -0.25) is 0 Å². The summed E-state index contributed by atoms with van der Waals surface area (Å²) in [7, 11) is 0. The predicted octanol–water partition coefficient (Wildman–Crippen LogP) is 1.16. The van der Waals surface area contributed by atoms with Crippen LogP contribution in [0.1, 0.15) is 32.6 Å². The lowest BCUT2D eigenvalue weighted by atomic mass is 9.97. The Hall–Kier alpha value is -0.120. The normalized spacial score (nSPS) is 27.9. The standard InChI is InChI=1S/C11H23NO2/c1-10-5-6-12-9-11(10)14-8-4-2-3-7-13/h10-13H,2-9H2,1H3. The highest BCUT2D eigenvalue weighted by Gasteiger charge is 2.20. The molecule has 1 rings (SSSR count). The van der Waals surface area contributed by atoms with Gasteiger partial charge in [-0.15, -0.1) is 0 Å². The smallest absolute Gasteiger partial charge is 0.0725 e. The summed E-state index contributed by atoms with van der Waals surface area (Å²) in [4.78, 5) is 0. The first-order chi connectivity index (χ1) is 6.84. The Morgan fingerprint density at radius 3 is 2.93 bits per heavy atom. The fraction of sp³-hybridized carbons (Fsp3) is 1.00. The third kappa shape index (κ3) is 4.40. The summed E-state index contributed by atoms with van der Waals surface area (Å²) >= 11 is 0. The molecule has 0 aromatic carbocycles. The van der Waals surface area contributed by atoms with Crippen molar-refractivity contribution in [3.05, 3.63) is 0 Å². The summed E-state index contributed by atoms with van der Waals surface area (Å²) in [6, 6.07) is 0. The molecule has 1 fully saturated rings. The van der Waals surface area contributed by atoms with E-state index in [2.05, 4.69) is 12.2 Å². The van der Waals surface area contributed by atoms with Crippen molar-refractivity contribution in [2.75, 3.05) is 26.3 Å². The summed E-state index contributed by atoms with van der Waals surface area (Å²) in [6.07, 6.45) is 4.68. The van der Waals surface area contributed by atoms with Crippen LogP contribution in [0.25, 0.3) is 0 Å². The van der Waals surface area contributed by atoms with E-state index in [0.717, 1.165) is 39.0 Å². The van der Waals surface area contributed by atoms with Crippen molar-refractivity contribution in [1.29, 1.82) is 0 Å². The largest absolute Gasteiger partial charge is 0.396 e. The van der Waals surface area contributed by atoms with Crippen LogP contribution in [0.4, 0.5) is 0 Å². The van der Waals surface area contributed by atoms with Gasteiger partial charge in [0.05, 0.1) is 6.10 Å². The van der Waals surface area contributed by atoms with Crippen molar-refractivity contribution >= 4 is 0 Å². The highest BCUT2D eigenvalue weighted by Crippen LogP contribution is 2.15. The molecule has 2 atom stereocenters. The lowest BCUT2D eigenvalue weighted by Crippen LogP contribution is -2.41. The zero-order valence-corrected chi connectivity index (χ0v) is 9.17. The van der Waals surface area contributed by atoms with Gasteiger partial charge in [0.25, 0.3) is 0 Å². The van der Waals surface area contributed by atoms with E-state index >= 15 is 0 Å². The molecule has 3 heteroatoms. The monoisotopic (exact) mass is 201 g/mol. The third-order valence-corrected chi connectivity index (χ3v) is 2.89. The summed E-state index contributed by atoms with van der Waals surface area (Å²) in [5.74, 6) is 0.689. The van der Waals surface area contributed by atoms with Gasteiger partial charge in [0, 0.05) is 19.8 Å². The second kappa shape index (κ2) is 7.21. The maximum Gasteiger partial charge on any atom is 0.0725 e. The average Bonchev–Trinajstić information content (AvgIpc) is 2.20. The Labute approximate surface area is 86.8 Å². The van der Waals surface area contributed by atoms with Gasteiger partial charge in [-0.25, -0.2) is 0 Å². The van der Waals surface area contributed by atoms with Crippen LogP contribution >= 0.6 is 0 Å². The van der Waals surface area contributed by atoms with Crippen molar-refractivity contribution in [2.24, 2.45) is 5.92 Å². The molecular weight excluding hydrogens is 178 g/mol. The Balaban J connectivity index is 1.99. The van der Waals surface area contributed by atoms with E-state index < -0.39 is 0 Å². The minimum Gasteiger partial charge on any atom is -0.396 e. The summed E-state index contributed by atoms with van der Waals surface area (Å²) in [6.45, 7) is 5.55. The predicted molar refractivity (Wildman–Crippen MR) is 57.3 cm³/mol. The van der Waals surface area contributed by atoms with Crippen LogP contribution in [0, 0.1) is 5.92 Å². The molecule has 0 aromatic heterocycles. The SMILES string of the molecule is CC1CCNCC1OCCCCCO. The molecule has 1 saturated heterocycles. The minimum atomic E-state index is 0.307. The Bertz CT molecular complexity index is 141. The summed E-state index contributed by atoms with van der Waals surface area (Å²) in [5.41, 5.74) is 0. The molecule has 1 heterocycles. The van der Waals surface area contributed by atoms with Crippen molar-refractivity contribution < 1.29 is 9.84 Å². The average molecular weight is 201 g/mol. The number of ether oxygens (including phenoxy) is 1. The van der Waals surface area contributed by atoms with Crippen LogP contribution in [0.5, 0.6) is 0 Å². The molecule has 0 aromatic rings. The third-order valence-electron chi connectivity index (χ3n) is 2.89. The fourth-order valence-corrected chi connectivity index (χ4v) is 1.81. The number of hydrogen-bond acceptors (Lipinski definition) is 3. The van der Waals surface area contributed by atoms with Crippen LogP contribution in [0.2, 0.25) is 0 Å². The van der Waals surface area contributed by atoms with Gasteiger partial charge in [0.1, 0.15) is 0 Å². The lowest BCUT2D eigenvalue weighted by molar-refractivity contribution is 0.00212. The molecule has 14 heavy (non-hydrogen) atoms. The van der Waals surface area contributed by atoms with Gasteiger partial charge in [-0.05, 0) is 38.1 Å². The highest BCUT2D eigenvalue weighted by molar-refractivity contribution is 4.75. The minimum absolute atomic E-state index is 0.307. The first-order valence-corrected chi connectivity index (χ1v) is 5.77. The number of aliphatic hydroxyl groups is 1. The molecule has 0 spiro atoms. The van der Waals surface area contributed by atoms with Crippen LogP contribution < -0.4 is 5.32 Å². The van der Waals surface area contributed by atoms with Crippen LogP contribution in [-0.4, -0.2) is 37.5 Å². The van der Waals surface area contributed by atoms with Crippen molar-refractivity contribution in [2.45, 2.75) is 38.7 Å². The first-order valence-electron chi connectivity index (χ1n) is 5.77. The molecule has 3 nitrogen and oxygen atoms in total. The van der Waals surface area contributed by atoms with Crippen LogP contribution in [0.3, 0.4) is 0 Å². The molecule has 0 radical (unpaired) electrons. The zero-order chi connectivity index (χ0) is 10.2. The van der Waals surface area contributed by atoms with E-state index in [-0.39, 0.29) is 0 Å². The van der Waals surface area contributed by atoms with Gasteiger partial charge < -0.3 is 15.2 Å². The maximum atomic E-state index is 8.61. The van der Waals surface area contributed by atoms with Crippen molar-refractivity contribution in [3.8, 4) is 0 Å². The lowest BCUT2D eigenvalue weighted by Gasteiger charge is -2.29. The molecule has 0 bridgehead atoms. The van der Waals surface area contributed by atoms with Gasteiger partial charge in [-0.1, -0.05) is 6.92 Å². The molecule has 0 amide bonds. The molecule has 0 saturated carbocycles. The molecular formula is C11H23NO2. The van der Waals surface area contributed by atoms with Gasteiger partial charge >= 0.3 is 0 Å². The highest BCUT2D eigenvalue weighted by atomic mass is 16.5. The molecule has 0 aliphatic carbocycles. The molecule has 1 aliphatic rings. The van der Waals surface area contributed by atoms with Gasteiger partial charge in [0.2, 0.25) is 0 Å². The number of nitrogens with one attached hydrogen (secondary N) is 1. The Morgan fingerprint density at radius 1 is 1.36 bits per heavy atom. The van der Waals surface area contributed by atoms with Crippen LogP contribution in [-0.2, 0) is 4.74 Å². The number of hydrogen-bond donors (Lipinski definition) is 2. The first kappa shape index (κ1) is 12.0. The summed E-state index contributed by atoms with van der Waals surface area (Å²) < 4.78 is 5.80.